The third-order valence-electron chi connectivity index (χ3n) is 2.92. The Balaban J connectivity index is 2.54. The first-order chi connectivity index (χ1) is 8.45. The number of hydrogen-bond donors (Lipinski definition) is 3. The molecule has 0 aliphatic rings. The summed E-state index contributed by atoms with van der Waals surface area (Å²) >= 11 is 0. The first-order valence-electron chi connectivity index (χ1n) is 6.15. The van der Waals surface area contributed by atoms with Crippen LogP contribution < -0.4 is 10.6 Å². The summed E-state index contributed by atoms with van der Waals surface area (Å²) in [5, 5.41) is 14.0. The van der Waals surface area contributed by atoms with Gasteiger partial charge < -0.3 is 15.7 Å². The topological polar surface area (TPSA) is 61.4 Å². The van der Waals surface area contributed by atoms with Crippen molar-refractivity contribution >= 4 is 6.03 Å². The monoisotopic (exact) mass is 250 g/mol. The number of hydrogen-bond acceptors (Lipinski definition) is 2. The second kappa shape index (κ2) is 6.40. The molecule has 0 saturated heterocycles. The Labute approximate surface area is 108 Å². The van der Waals surface area contributed by atoms with Gasteiger partial charge in [-0.15, -0.1) is 0 Å². The van der Waals surface area contributed by atoms with Crippen molar-refractivity contribution in [1.29, 1.82) is 0 Å². The van der Waals surface area contributed by atoms with Gasteiger partial charge in [0.25, 0.3) is 0 Å². The number of aryl methyl sites for hydroxylation is 1. The summed E-state index contributed by atoms with van der Waals surface area (Å²) in [6, 6.07) is 8.07. The molecular weight excluding hydrogens is 228 g/mol. The second-order valence-corrected chi connectivity index (χ2v) is 5.08. The highest BCUT2D eigenvalue weighted by Gasteiger charge is 2.21. The molecule has 4 nitrogen and oxygen atoms in total. The summed E-state index contributed by atoms with van der Waals surface area (Å²) in [6.45, 7) is 7.00. The molecule has 4 heteroatoms. The Morgan fingerprint density at radius 3 is 2.39 bits per heavy atom. The van der Waals surface area contributed by atoms with E-state index < -0.39 is 0 Å². The lowest BCUT2D eigenvalue weighted by atomic mass is 9.84. The van der Waals surface area contributed by atoms with Crippen LogP contribution in [0.2, 0.25) is 0 Å². The molecule has 1 aromatic rings. The van der Waals surface area contributed by atoms with E-state index in [0.29, 0.717) is 6.54 Å². The third-order valence-corrected chi connectivity index (χ3v) is 2.92. The van der Waals surface area contributed by atoms with Crippen molar-refractivity contribution < 1.29 is 9.90 Å². The highest BCUT2D eigenvalue weighted by atomic mass is 16.3. The van der Waals surface area contributed by atoms with Crippen LogP contribution >= 0.6 is 0 Å². The van der Waals surface area contributed by atoms with Gasteiger partial charge in [0.2, 0.25) is 0 Å². The fourth-order valence-corrected chi connectivity index (χ4v) is 1.64. The number of amides is 2. The molecule has 0 unspecified atom stereocenters. The molecule has 0 aliphatic heterocycles. The van der Waals surface area contributed by atoms with Crippen LogP contribution in [0.25, 0.3) is 0 Å². The van der Waals surface area contributed by atoms with Gasteiger partial charge in [0, 0.05) is 18.5 Å². The zero-order valence-corrected chi connectivity index (χ0v) is 11.3. The maximum absolute atomic E-state index is 11.4. The Morgan fingerprint density at radius 2 is 1.83 bits per heavy atom. The van der Waals surface area contributed by atoms with Crippen LogP contribution in [0.1, 0.15) is 25.0 Å². The number of aliphatic hydroxyl groups is 1. The Morgan fingerprint density at radius 1 is 1.22 bits per heavy atom. The van der Waals surface area contributed by atoms with Gasteiger partial charge in [-0.2, -0.15) is 0 Å². The summed E-state index contributed by atoms with van der Waals surface area (Å²) in [5.74, 6) is 0. The lowest BCUT2D eigenvalue weighted by molar-refractivity contribution is 0.232. The minimum atomic E-state index is -0.246. The molecule has 0 fully saturated rings. The van der Waals surface area contributed by atoms with Crippen LogP contribution in [-0.4, -0.2) is 30.8 Å². The number of rotatable bonds is 5. The van der Waals surface area contributed by atoms with Gasteiger partial charge in [-0.3, -0.25) is 0 Å². The molecular formula is C14H22N2O2. The van der Waals surface area contributed by atoms with E-state index in [2.05, 4.69) is 55.7 Å². The average molecular weight is 250 g/mol. The van der Waals surface area contributed by atoms with Gasteiger partial charge in [-0.1, -0.05) is 43.7 Å². The van der Waals surface area contributed by atoms with E-state index in [4.69, 9.17) is 5.11 Å². The predicted molar refractivity (Wildman–Crippen MR) is 72.7 cm³/mol. The number of urea groups is 1. The van der Waals surface area contributed by atoms with Crippen LogP contribution in [0, 0.1) is 6.92 Å². The van der Waals surface area contributed by atoms with Gasteiger partial charge in [-0.05, 0) is 12.5 Å². The first-order valence-corrected chi connectivity index (χ1v) is 6.15. The highest BCUT2D eigenvalue weighted by molar-refractivity contribution is 5.73. The molecule has 0 aliphatic carbocycles. The minimum absolute atomic E-state index is 0.0469. The SMILES string of the molecule is Cc1ccc(C(C)(C)CNC(=O)NCCO)cc1. The summed E-state index contributed by atoms with van der Waals surface area (Å²) in [5.41, 5.74) is 2.29. The normalized spacial score (nSPS) is 11.1. The highest BCUT2D eigenvalue weighted by Crippen LogP contribution is 2.22. The van der Waals surface area contributed by atoms with E-state index in [1.165, 1.54) is 11.1 Å². The smallest absolute Gasteiger partial charge is 0.314 e. The van der Waals surface area contributed by atoms with E-state index in [-0.39, 0.29) is 24.6 Å². The molecule has 2 amide bonds. The van der Waals surface area contributed by atoms with Crippen molar-refractivity contribution in [3.8, 4) is 0 Å². The largest absolute Gasteiger partial charge is 0.395 e. The maximum atomic E-state index is 11.4. The summed E-state index contributed by atoms with van der Waals surface area (Å²) < 4.78 is 0. The molecule has 0 heterocycles. The van der Waals surface area contributed by atoms with Crippen molar-refractivity contribution in [2.75, 3.05) is 19.7 Å². The molecule has 0 radical (unpaired) electrons. The molecule has 1 rings (SSSR count). The van der Waals surface area contributed by atoms with Crippen molar-refractivity contribution in [3.63, 3.8) is 0 Å². The van der Waals surface area contributed by atoms with E-state index in [1.807, 2.05) is 0 Å². The number of aliphatic hydroxyl groups excluding tert-OH is 1. The molecule has 0 bridgehead atoms. The molecule has 18 heavy (non-hydrogen) atoms. The van der Waals surface area contributed by atoms with Crippen molar-refractivity contribution in [2.24, 2.45) is 0 Å². The maximum Gasteiger partial charge on any atom is 0.314 e. The standard InChI is InChI=1S/C14H22N2O2/c1-11-4-6-12(7-5-11)14(2,3)10-16-13(18)15-8-9-17/h4-7,17H,8-10H2,1-3H3,(H2,15,16,18). The number of benzene rings is 1. The molecule has 0 atom stereocenters. The Hall–Kier alpha value is -1.55. The van der Waals surface area contributed by atoms with Crippen LogP contribution in [0.15, 0.2) is 24.3 Å². The fourth-order valence-electron chi connectivity index (χ4n) is 1.64. The zero-order valence-electron chi connectivity index (χ0n) is 11.3. The van der Waals surface area contributed by atoms with Crippen LogP contribution in [0.4, 0.5) is 4.79 Å². The number of carbonyl (C=O) groups is 1. The van der Waals surface area contributed by atoms with Crippen LogP contribution in [0.3, 0.4) is 0 Å². The van der Waals surface area contributed by atoms with Crippen molar-refractivity contribution in [1.82, 2.24) is 10.6 Å². The van der Waals surface area contributed by atoms with Gasteiger partial charge in [0.15, 0.2) is 0 Å². The minimum Gasteiger partial charge on any atom is -0.395 e. The van der Waals surface area contributed by atoms with Crippen LogP contribution in [-0.2, 0) is 5.41 Å². The van der Waals surface area contributed by atoms with Gasteiger partial charge in [0.05, 0.1) is 6.61 Å². The average Bonchev–Trinajstić information content (AvgIpc) is 2.34. The molecule has 0 saturated carbocycles. The Bertz CT molecular complexity index is 385. The fraction of sp³-hybridized carbons (Fsp3) is 0.500. The summed E-state index contributed by atoms with van der Waals surface area (Å²) in [6.07, 6.45) is 0. The first kappa shape index (κ1) is 14.5. The van der Waals surface area contributed by atoms with Gasteiger partial charge in [-0.25, -0.2) is 4.79 Å². The quantitative estimate of drug-likeness (QED) is 0.742. The zero-order chi connectivity index (χ0) is 13.6. The molecule has 0 aromatic heterocycles. The van der Waals surface area contributed by atoms with Gasteiger partial charge in [0.1, 0.15) is 0 Å². The van der Waals surface area contributed by atoms with Gasteiger partial charge >= 0.3 is 6.03 Å². The number of carbonyl (C=O) groups excluding carboxylic acids is 1. The van der Waals surface area contributed by atoms with Crippen LogP contribution in [0.5, 0.6) is 0 Å². The van der Waals surface area contributed by atoms with Crippen molar-refractivity contribution in [3.05, 3.63) is 35.4 Å². The molecule has 1 aromatic carbocycles. The molecule has 0 spiro atoms. The van der Waals surface area contributed by atoms with E-state index in [0.717, 1.165) is 0 Å². The third kappa shape index (κ3) is 4.37. The predicted octanol–water partition coefficient (Wildman–Crippen LogP) is 1.56. The molecule has 3 N–H and O–H groups in total. The number of nitrogens with one attached hydrogen (secondary N) is 2. The summed E-state index contributed by atoms with van der Waals surface area (Å²) in [7, 11) is 0. The van der Waals surface area contributed by atoms with E-state index in [1.54, 1.807) is 0 Å². The lowest BCUT2D eigenvalue weighted by Gasteiger charge is -2.25. The summed E-state index contributed by atoms with van der Waals surface area (Å²) in [4.78, 5) is 11.4. The Kier molecular flexibility index (Phi) is 5.16. The van der Waals surface area contributed by atoms with E-state index in [9.17, 15) is 4.79 Å². The van der Waals surface area contributed by atoms with E-state index >= 15 is 0 Å². The van der Waals surface area contributed by atoms with Crippen molar-refractivity contribution in [2.45, 2.75) is 26.2 Å². The lowest BCUT2D eigenvalue weighted by Crippen LogP contribution is -2.43. The molecule has 100 valence electrons. The second-order valence-electron chi connectivity index (χ2n) is 5.08.